The first-order valence-electron chi connectivity index (χ1n) is 6.52. The molecule has 2 aliphatic carbocycles. The Morgan fingerprint density at radius 3 is 2.50 bits per heavy atom. The molecule has 3 atom stereocenters. The Bertz CT molecular complexity index is 214. The van der Waals surface area contributed by atoms with Crippen molar-refractivity contribution in [3.8, 4) is 0 Å². The van der Waals surface area contributed by atoms with Gasteiger partial charge < -0.3 is 5.32 Å². The maximum atomic E-state index is 3.47. The zero-order valence-electron chi connectivity index (χ0n) is 9.39. The number of nitrogens with one attached hydrogen (secondary N) is 1. The van der Waals surface area contributed by atoms with Crippen LogP contribution in [0.3, 0.4) is 0 Å². The molecule has 80 valence electrons. The fourth-order valence-electron chi connectivity index (χ4n) is 4.20. The van der Waals surface area contributed by atoms with E-state index in [0.29, 0.717) is 0 Å². The zero-order valence-corrected chi connectivity index (χ0v) is 9.39. The molecule has 0 spiro atoms. The summed E-state index contributed by atoms with van der Waals surface area (Å²) in [5.41, 5.74) is 0.717. The lowest BCUT2D eigenvalue weighted by Gasteiger charge is -2.45. The molecule has 0 radical (unpaired) electrons. The Kier molecular flexibility index (Phi) is 2.12. The van der Waals surface area contributed by atoms with Gasteiger partial charge in [0.2, 0.25) is 0 Å². The van der Waals surface area contributed by atoms with Gasteiger partial charge in [-0.1, -0.05) is 13.3 Å². The van der Waals surface area contributed by atoms with Crippen LogP contribution in [0.25, 0.3) is 0 Å². The van der Waals surface area contributed by atoms with Crippen LogP contribution in [-0.4, -0.2) is 13.1 Å². The van der Waals surface area contributed by atoms with Gasteiger partial charge in [0.1, 0.15) is 0 Å². The lowest BCUT2D eigenvalue weighted by Crippen LogP contribution is -2.54. The minimum absolute atomic E-state index is 0.717. The molecule has 2 saturated carbocycles. The van der Waals surface area contributed by atoms with E-state index in [9.17, 15) is 0 Å². The summed E-state index contributed by atoms with van der Waals surface area (Å²) in [5.74, 6) is 3.37. The van der Waals surface area contributed by atoms with E-state index in [0.717, 1.165) is 23.2 Å². The highest BCUT2D eigenvalue weighted by Crippen LogP contribution is 2.52. The molecule has 0 amide bonds. The molecule has 1 aliphatic heterocycles. The van der Waals surface area contributed by atoms with Crippen LogP contribution in [-0.2, 0) is 0 Å². The van der Waals surface area contributed by atoms with Crippen LogP contribution in [0.15, 0.2) is 0 Å². The van der Waals surface area contributed by atoms with Crippen LogP contribution in [0.1, 0.15) is 45.4 Å². The van der Waals surface area contributed by atoms with E-state index < -0.39 is 0 Å². The van der Waals surface area contributed by atoms with Crippen LogP contribution in [0.5, 0.6) is 0 Å². The van der Waals surface area contributed by atoms with E-state index >= 15 is 0 Å². The monoisotopic (exact) mass is 193 g/mol. The molecule has 3 unspecified atom stereocenters. The molecule has 3 fully saturated rings. The molecule has 0 aromatic carbocycles. The van der Waals surface area contributed by atoms with Crippen molar-refractivity contribution in [3.63, 3.8) is 0 Å². The third-order valence-corrected chi connectivity index (χ3v) is 5.33. The number of hydrogen-bond acceptors (Lipinski definition) is 1. The molecule has 1 nitrogen and oxygen atoms in total. The molecule has 3 rings (SSSR count). The summed E-state index contributed by atoms with van der Waals surface area (Å²) in [5, 5.41) is 3.47. The van der Waals surface area contributed by atoms with Gasteiger partial charge in [0, 0.05) is 13.1 Å². The highest BCUT2D eigenvalue weighted by molar-refractivity contribution is 4.98. The lowest BCUT2D eigenvalue weighted by atomic mass is 9.69. The van der Waals surface area contributed by atoms with Crippen molar-refractivity contribution in [2.24, 2.45) is 23.2 Å². The first kappa shape index (κ1) is 9.21. The summed E-state index contributed by atoms with van der Waals surface area (Å²) in [6.07, 6.45) is 9.21. The number of hydrogen-bond donors (Lipinski definition) is 1. The van der Waals surface area contributed by atoms with Crippen molar-refractivity contribution < 1.29 is 0 Å². The highest BCUT2D eigenvalue weighted by atomic mass is 15.0. The van der Waals surface area contributed by atoms with Crippen molar-refractivity contribution in [1.29, 1.82) is 0 Å². The van der Waals surface area contributed by atoms with E-state index in [2.05, 4.69) is 12.2 Å². The molecule has 0 aromatic heterocycles. The SMILES string of the molecule is CCC1(CC2CC3CCC2C3)CNC1. The molecular formula is C13H23N. The van der Waals surface area contributed by atoms with Crippen LogP contribution in [0.2, 0.25) is 0 Å². The third kappa shape index (κ3) is 1.32. The van der Waals surface area contributed by atoms with Gasteiger partial charge >= 0.3 is 0 Å². The Balaban J connectivity index is 1.62. The van der Waals surface area contributed by atoms with Crippen LogP contribution >= 0.6 is 0 Å². The Hall–Kier alpha value is -0.0400. The van der Waals surface area contributed by atoms with E-state index in [1.807, 2.05) is 0 Å². The quantitative estimate of drug-likeness (QED) is 0.727. The van der Waals surface area contributed by atoms with Gasteiger partial charge in [0.25, 0.3) is 0 Å². The summed E-state index contributed by atoms with van der Waals surface area (Å²) >= 11 is 0. The summed E-state index contributed by atoms with van der Waals surface area (Å²) < 4.78 is 0. The Labute approximate surface area is 87.7 Å². The first-order chi connectivity index (χ1) is 6.81. The van der Waals surface area contributed by atoms with Gasteiger partial charge in [-0.2, -0.15) is 0 Å². The molecule has 14 heavy (non-hydrogen) atoms. The summed E-state index contributed by atoms with van der Waals surface area (Å²) in [6.45, 7) is 4.99. The van der Waals surface area contributed by atoms with Crippen molar-refractivity contribution in [1.82, 2.24) is 5.32 Å². The van der Waals surface area contributed by atoms with E-state index in [4.69, 9.17) is 0 Å². The first-order valence-corrected chi connectivity index (χ1v) is 6.52. The van der Waals surface area contributed by atoms with Gasteiger partial charge in [-0.25, -0.2) is 0 Å². The van der Waals surface area contributed by atoms with E-state index in [1.54, 1.807) is 25.7 Å². The largest absolute Gasteiger partial charge is 0.316 e. The Morgan fingerprint density at radius 2 is 2.07 bits per heavy atom. The molecule has 1 heterocycles. The predicted octanol–water partition coefficient (Wildman–Crippen LogP) is 2.81. The molecule has 1 N–H and O–H groups in total. The summed E-state index contributed by atoms with van der Waals surface area (Å²) in [7, 11) is 0. The summed E-state index contributed by atoms with van der Waals surface area (Å²) in [4.78, 5) is 0. The normalized spacial score (nSPS) is 43.9. The topological polar surface area (TPSA) is 12.0 Å². The van der Waals surface area contributed by atoms with Crippen molar-refractivity contribution >= 4 is 0 Å². The van der Waals surface area contributed by atoms with Gasteiger partial charge in [0.15, 0.2) is 0 Å². The maximum absolute atomic E-state index is 3.47. The van der Waals surface area contributed by atoms with Crippen molar-refractivity contribution in [2.75, 3.05) is 13.1 Å². The lowest BCUT2D eigenvalue weighted by molar-refractivity contribution is 0.0978. The molecule has 0 aromatic rings. The minimum Gasteiger partial charge on any atom is -0.316 e. The van der Waals surface area contributed by atoms with E-state index in [1.165, 1.54) is 25.9 Å². The van der Waals surface area contributed by atoms with Gasteiger partial charge in [-0.05, 0) is 55.3 Å². The molecule has 1 heteroatoms. The second-order valence-corrected chi connectivity index (χ2v) is 6.10. The second kappa shape index (κ2) is 3.23. The zero-order chi connectivity index (χ0) is 9.60. The standard InChI is InChI=1S/C13H23N/c1-2-13(8-14-9-13)7-12-6-10-3-4-11(12)5-10/h10-12,14H,2-9H2,1H3. The molecule has 1 saturated heterocycles. The average Bonchev–Trinajstić information content (AvgIpc) is 2.72. The maximum Gasteiger partial charge on any atom is 0.00202 e. The van der Waals surface area contributed by atoms with Crippen LogP contribution < -0.4 is 5.32 Å². The fraction of sp³-hybridized carbons (Fsp3) is 1.00. The number of fused-ring (bicyclic) bond motifs is 2. The van der Waals surface area contributed by atoms with Crippen molar-refractivity contribution in [2.45, 2.75) is 45.4 Å². The molecule has 2 bridgehead atoms. The second-order valence-electron chi connectivity index (χ2n) is 6.10. The van der Waals surface area contributed by atoms with Gasteiger partial charge in [-0.15, -0.1) is 0 Å². The van der Waals surface area contributed by atoms with Gasteiger partial charge in [0.05, 0.1) is 0 Å². The Morgan fingerprint density at radius 1 is 1.21 bits per heavy atom. The average molecular weight is 193 g/mol. The van der Waals surface area contributed by atoms with Gasteiger partial charge in [-0.3, -0.25) is 0 Å². The minimum atomic E-state index is 0.717. The smallest absolute Gasteiger partial charge is 0.00202 e. The number of rotatable bonds is 3. The summed E-state index contributed by atoms with van der Waals surface area (Å²) in [6, 6.07) is 0. The molecule has 3 aliphatic rings. The van der Waals surface area contributed by atoms with E-state index in [-0.39, 0.29) is 0 Å². The van der Waals surface area contributed by atoms with Crippen LogP contribution in [0, 0.1) is 23.2 Å². The van der Waals surface area contributed by atoms with Crippen LogP contribution in [0.4, 0.5) is 0 Å². The fourth-order valence-corrected chi connectivity index (χ4v) is 4.20. The molecular weight excluding hydrogens is 170 g/mol. The predicted molar refractivity (Wildman–Crippen MR) is 59.1 cm³/mol. The third-order valence-electron chi connectivity index (χ3n) is 5.33. The van der Waals surface area contributed by atoms with Crippen molar-refractivity contribution in [3.05, 3.63) is 0 Å². The highest BCUT2D eigenvalue weighted by Gasteiger charge is 2.45.